The summed E-state index contributed by atoms with van der Waals surface area (Å²) in [5.41, 5.74) is 0.177. The van der Waals surface area contributed by atoms with Crippen LogP contribution in [0.4, 0.5) is 0 Å². The van der Waals surface area contributed by atoms with Crippen LogP contribution in [0.2, 0.25) is 0 Å². The van der Waals surface area contributed by atoms with E-state index >= 15 is 0 Å². The maximum Gasteiger partial charge on any atom is 0.339 e. The van der Waals surface area contributed by atoms with Gasteiger partial charge in [-0.25, -0.2) is 4.79 Å². The van der Waals surface area contributed by atoms with E-state index in [4.69, 9.17) is 14.6 Å². The number of carbonyl (C=O) groups is 1. The van der Waals surface area contributed by atoms with E-state index in [1.807, 2.05) is 0 Å². The van der Waals surface area contributed by atoms with Crippen LogP contribution in [-0.4, -0.2) is 24.0 Å². The van der Waals surface area contributed by atoms with Crippen LogP contribution in [0.25, 0.3) is 0 Å². The molecule has 4 heteroatoms. The van der Waals surface area contributed by atoms with Crippen LogP contribution in [0.3, 0.4) is 0 Å². The van der Waals surface area contributed by atoms with E-state index in [2.05, 4.69) is 0 Å². The lowest BCUT2D eigenvalue weighted by Gasteiger charge is -2.24. The molecule has 0 amide bonds. The van der Waals surface area contributed by atoms with Crippen molar-refractivity contribution in [2.75, 3.05) is 6.61 Å². The zero-order valence-corrected chi connectivity index (χ0v) is 8.89. The van der Waals surface area contributed by atoms with Crippen LogP contribution in [-0.2, 0) is 4.74 Å². The minimum atomic E-state index is -0.980. The molecule has 1 aliphatic rings. The second-order valence-corrected chi connectivity index (χ2v) is 3.72. The highest BCUT2D eigenvalue weighted by molar-refractivity contribution is 5.90. The van der Waals surface area contributed by atoms with Crippen LogP contribution < -0.4 is 4.74 Å². The molecule has 1 saturated heterocycles. The molecule has 1 heterocycles. The Morgan fingerprint density at radius 1 is 1.38 bits per heavy atom. The molecule has 1 aromatic rings. The number of carboxylic acids is 1. The first-order valence-corrected chi connectivity index (χ1v) is 5.38. The van der Waals surface area contributed by atoms with Gasteiger partial charge in [0, 0.05) is 6.42 Å². The summed E-state index contributed by atoms with van der Waals surface area (Å²) in [6.07, 6.45) is 2.60. The summed E-state index contributed by atoms with van der Waals surface area (Å²) in [4.78, 5) is 10.9. The van der Waals surface area contributed by atoms with Crippen LogP contribution in [0.1, 0.15) is 29.6 Å². The predicted octanol–water partition coefficient (Wildman–Crippen LogP) is 2.29. The van der Waals surface area contributed by atoms with Crippen molar-refractivity contribution in [2.45, 2.75) is 25.6 Å². The number of aromatic carboxylic acids is 1. The van der Waals surface area contributed by atoms with Gasteiger partial charge in [-0.2, -0.15) is 0 Å². The molecule has 1 fully saturated rings. The van der Waals surface area contributed by atoms with Gasteiger partial charge in [-0.15, -0.1) is 0 Å². The third-order valence-electron chi connectivity index (χ3n) is 2.51. The van der Waals surface area contributed by atoms with Crippen molar-refractivity contribution in [3.05, 3.63) is 29.8 Å². The molecular weight excluding hydrogens is 208 g/mol. The van der Waals surface area contributed by atoms with Crippen LogP contribution in [0.5, 0.6) is 5.75 Å². The maximum absolute atomic E-state index is 10.9. The number of benzene rings is 1. The van der Waals surface area contributed by atoms with Gasteiger partial charge in [-0.3, -0.25) is 0 Å². The second kappa shape index (κ2) is 4.99. The van der Waals surface area contributed by atoms with Crippen molar-refractivity contribution in [3.8, 4) is 5.75 Å². The standard InChI is InChI=1S/C12H14O4/c13-12(14)9-5-1-2-6-10(9)16-11-7-3-4-8-15-11/h1-2,5-6,11H,3-4,7-8H2,(H,13,14)/t11-/m1/s1. The Morgan fingerprint density at radius 3 is 2.88 bits per heavy atom. The number of hydrogen-bond donors (Lipinski definition) is 1. The second-order valence-electron chi connectivity index (χ2n) is 3.72. The Bertz CT molecular complexity index is 369. The smallest absolute Gasteiger partial charge is 0.339 e. The molecule has 0 aromatic heterocycles. The zero-order chi connectivity index (χ0) is 11.4. The molecule has 0 saturated carbocycles. The number of ether oxygens (including phenoxy) is 2. The highest BCUT2D eigenvalue weighted by Crippen LogP contribution is 2.22. The van der Waals surface area contributed by atoms with E-state index in [1.165, 1.54) is 6.07 Å². The Kier molecular flexibility index (Phi) is 3.41. The van der Waals surface area contributed by atoms with Crippen LogP contribution >= 0.6 is 0 Å². The summed E-state index contributed by atoms with van der Waals surface area (Å²) in [7, 11) is 0. The topological polar surface area (TPSA) is 55.8 Å². The molecule has 1 aromatic carbocycles. The van der Waals surface area contributed by atoms with Gasteiger partial charge in [-0.1, -0.05) is 12.1 Å². The molecule has 2 rings (SSSR count). The predicted molar refractivity (Wildman–Crippen MR) is 57.6 cm³/mol. The Morgan fingerprint density at radius 2 is 2.19 bits per heavy atom. The molecule has 0 spiro atoms. The van der Waals surface area contributed by atoms with Crippen molar-refractivity contribution in [2.24, 2.45) is 0 Å². The van der Waals surface area contributed by atoms with E-state index in [-0.39, 0.29) is 11.9 Å². The van der Waals surface area contributed by atoms with Crippen molar-refractivity contribution in [1.82, 2.24) is 0 Å². The highest BCUT2D eigenvalue weighted by Gasteiger charge is 2.18. The summed E-state index contributed by atoms with van der Waals surface area (Å²) in [6, 6.07) is 6.62. The van der Waals surface area contributed by atoms with Crippen molar-refractivity contribution in [1.29, 1.82) is 0 Å². The lowest BCUT2D eigenvalue weighted by molar-refractivity contribution is -0.106. The van der Waals surface area contributed by atoms with E-state index in [9.17, 15) is 4.79 Å². The molecule has 1 atom stereocenters. The fraction of sp³-hybridized carbons (Fsp3) is 0.417. The first-order chi connectivity index (χ1) is 7.77. The van der Waals surface area contributed by atoms with Crippen LogP contribution in [0.15, 0.2) is 24.3 Å². The van der Waals surface area contributed by atoms with Gasteiger partial charge < -0.3 is 14.6 Å². The molecule has 16 heavy (non-hydrogen) atoms. The lowest BCUT2D eigenvalue weighted by Crippen LogP contribution is -2.25. The molecule has 4 nitrogen and oxygen atoms in total. The van der Waals surface area contributed by atoms with Gasteiger partial charge in [0.25, 0.3) is 0 Å². The Hall–Kier alpha value is -1.55. The first kappa shape index (κ1) is 11.0. The first-order valence-electron chi connectivity index (χ1n) is 5.38. The van der Waals surface area contributed by atoms with Crippen molar-refractivity contribution in [3.63, 3.8) is 0 Å². The van der Waals surface area contributed by atoms with E-state index < -0.39 is 5.97 Å². The molecular formula is C12H14O4. The fourth-order valence-corrected chi connectivity index (χ4v) is 1.69. The summed E-state index contributed by atoms with van der Waals surface area (Å²) < 4.78 is 10.9. The number of para-hydroxylation sites is 1. The van der Waals surface area contributed by atoms with Gasteiger partial charge in [-0.05, 0) is 25.0 Å². The van der Waals surface area contributed by atoms with Gasteiger partial charge in [0.05, 0.1) is 6.61 Å². The SMILES string of the molecule is O=C(O)c1ccccc1O[C@@H]1CCCCO1. The summed E-state index contributed by atoms with van der Waals surface area (Å²) in [5.74, 6) is -0.603. The Labute approximate surface area is 93.8 Å². The molecule has 0 radical (unpaired) electrons. The van der Waals surface area contributed by atoms with Crippen molar-refractivity contribution < 1.29 is 19.4 Å². The van der Waals surface area contributed by atoms with E-state index in [1.54, 1.807) is 18.2 Å². The van der Waals surface area contributed by atoms with Gasteiger partial charge in [0.1, 0.15) is 11.3 Å². The monoisotopic (exact) mass is 222 g/mol. The molecule has 86 valence electrons. The van der Waals surface area contributed by atoms with Gasteiger partial charge >= 0.3 is 5.97 Å². The molecule has 0 unspecified atom stereocenters. The largest absolute Gasteiger partial charge is 0.478 e. The minimum absolute atomic E-state index is 0.177. The minimum Gasteiger partial charge on any atom is -0.478 e. The van der Waals surface area contributed by atoms with E-state index in [0.717, 1.165) is 19.3 Å². The average Bonchev–Trinajstić information content (AvgIpc) is 2.31. The summed E-state index contributed by atoms with van der Waals surface area (Å²) in [5, 5.41) is 8.97. The third-order valence-corrected chi connectivity index (χ3v) is 2.51. The zero-order valence-electron chi connectivity index (χ0n) is 8.89. The molecule has 1 N–H and O–H groups in total. The highest BCUT2D eigenvalue weighted by atomic mass is 16.7. The Balaban J connectivity index is 2.10. The number of hydrogen-bond acceptors (Lipinski definition) is 3. The average molecular weight is 222 g/mol. The third kappa shape index (κ3) is 2.52. The molecule has 0 aliphatic carbocycles. The van der Waals surface area contributed by atoms with E-state index in [0.29, 0.717) is 12.4 Å². The van der Waals surface area contributed by atoms with Gasteiger partial charge in [0.15, 0.2) is 6.29 Å². The normalized spacial score (nSPS) is 20.4. The fourth-order valence-electron chi connectivity index (χ4n) is 1.69. The maximum atomic E-state index is 10.9. The molecule has 0 bridgehead atoms. The quantitative estimate of drug-likeness (QED) is 0.852. The van der Waals surface area contributed by atoms with Crippen molar-refractivity contribution >= 4 is 5.97 Å². The number of carboxylic acid groups (broad SMARTS) is 1. The summed E-state index contributed by atoms with van der Waals surface area (Å²) >= 11 is 0. The van der Waals surface area contributed by atoms with Crippen LogP contribution in [0, 0.1) is 0 Å². The number of rotatable bonds is 3. The summed E-state index contributed by atoms with van der Waals surface area (Å²) in [6.45, 7) is 0.680. The van der Waals surface area contributed by atoms with Gasteiger partial charge in [0.2, 0.25) is 0 Å². The molecule has 1 aliphatic heterocycles. The lowest BCUT2D eigenvalue weighted by atomic mass is 10.2.